The molecule has 240 valence electrons. The summed E-state index contributed by atoms with van der Waals surface area (Å²) in [5.41, 5.74) is 3.22. The van der Waals surface area contributed by atoms with Crippen molar-refractivity contribution in [2.45, 2.75) is 84.5 Å². The van der Waals surface area contributed by atoms with Gasteiger partial charge in [-0.2, -0.15) is 0 Å². The van der Waals surface area contributed by atoms with Crippen molar-refractivity contribution in [2.24, 2.45) is 0 Å². The smallest absolute Gasteiger partial charge is 0.412 e. The summed E-state index contributed by atoms with van der Waals surface area (Å²) >= 11 is 0. The molecule has 0 aliphatic rings. The van der Waals surface area contributed by atoms with Crippen LogP contribution >= 0.6 is 0 Å². The molecule has 0 radical (unpaired) electrons. The van der Waals surface area contributed by atoms with Gasteiger partial charge in [-0.1, -0.05) is 89.0 Å². The van der Waals surface area contributed by atoms with Crippen molar-refractivity contribution in [3.8, 4) is 34.0 Å². The fourth-order valence-corrected chi connectivity index (χ4v) is 5.30. The molecule has 0 bridgehead atoms. The number of nitrogens with one attached hydrogen (secondary N) is 1. The Morgan fingerprint density at radius 2 is 1.71 bits per heavy atom. The molecular weight excluding hydrogens is 584 g/mol. The summed E-state index contributed by atoms with van der Waals surface area (Å²) in [6.45, 7) is 11.0. The summed E-state index contributed by atoms with van der Waals surface area (Å²) in [6.07, 6.45) is 9.87. The summed E-state index contributed by atoms with van der Waals surface area (Å²) in [7, 11) is -1.18. The number of amides is 1. The number of ether oxygens (including phenoxy) is 3. The van der Waals surface area contributed by atoms with E-state index in [0.29, 0.717) is 42.6 Å². The summed E-state index contributed by atoms with van der Waals surface area (Å²) in [6, 6.07) is 18.3. The Morgan fingerprint density at radius 3 is 2.51 bits per heavy atom. The third-order valence-corrected chi connectivity index (χ3v) is 8.87. The van der Waals surface area contributed by atoms with Crippen LogP contribution in [-0.2, 0) is 18.1 Å². The predicted molar refractivity (Wildman–Crippen MR) is 179 cm³/mol. The predicted octanol–water partition coefficient (Wildman–Crippen LogP) is 7.74. The van der Waals surface area contributed by atoms with Crippen LogP contribution in [0.25, 0.3) is 22.5 Å². The van der Waals surface area contributed by atoms with Crippen LogP contribution in [0.5, 0.6) is 11.5 Å². The summed E-state index contributed by atoms with van der Waals surface area (Å²) in [5, 5.41) is 15.7. The average molecular weight is 631 g/mol. The molecule has 0 saturated heterocycles. The Kier molecular flexibility index (Phi) is 13.1. The quantitative estimate of drug-likeness (QED) is 0.0877. The van der Waals surface area contributed by atoms with Gasteiger partial charge >= 0.3 is 6.09 Å². The number of tetrazole rings is 1. The monoisotopic (exact) mass is 630 g/mol. The minimum Gasteiger partial charge on any atom is -0.488 e. The molecule has 0 fully saturated rings. The molecule has 0 saturated carbocycles. The maximum Gasteiger partial charge on any atom is 0.412 e. The number of nitrogens with zero attached hydrogens (tertiary/aromatic N) is 5. The molecule has 0 aliphatic carbocycles. The molecule has 1 N–H and O–H groups in total. The van der Waals surface area contributed by atoms with Crippen molar-refractivity contribution in [2.75, 3.05) is 13.2 Å². The number of hydrogen-bond acceptors (Lipinski definition) is 8. The van der Waals surface area contributed by atoms with E-state index in [1.54, 1.807) is 24.5 Å². The summed E-state index contributed by atoms with van der Waals surface area (Å²) in [4.78, 5) is 18.5. The van der Waals surface area contributed by atoms with Crippen LogP contribution in [0.3, 0.4) is 0 Å². The van der Waals surface area contributed by atoms with Crippen molar-refractivity contribution in [1.29, 1.82) is 0 Å². The molecule has 4 aromatic rings. The lowest BCUT2D eigenvalue weighted by molar-refractivity contribution is 0.0674. The van der Waals surface area contributed by atoms with E-state index in [-0.39, 0.29) is 6.73 Å². The highest BCUT2D eigenvalue weighted by Crippen LogP contribution is 2.35. The van der Waals surface area contributed by atoms with Gasteiger partial charge in [0.15, 0.2) is 6.73 Å². The zero-order chi connectivity index (χ0) is 31.9. The van der Waals surface area contributed by atoms with Crippen LogP contribution in [0.15, 0.2) is 67.0 Å². The van der Waals surface area contributed by atoms with Gasteiger partial charge in [-0.05, 0) is 47.5 Å². The number of rotatable bonds is 18. The first-order valence-electron chi connectivity index (χ1n) is 15.9. The number of unbranched alkanes of at least 4 members (excludes halogenated alkanes) is 5. The topological polar surface area (TPSA) is 113 Å². The molecule has 45 heavy (non-hydrogen) atoms. The first kappa shape index (κ1) is 33.8. The van der Waals surface area contributed by atoms with E-state index in [1.165, 1.54) is 30.5 Å². The first-order valence-corrected chi connectivity index (χ1v) is 19.6. The number of hydrogen-bond donors (Lipinski definition) is 1. The van der Waals surface area contributed by atoms with Crippen LogP contribution in [0.4, 0.5) is 4.79 Å². The highest BCUT2D eigenvalue weighted by atomic mass is 28.3. The van der Waals surface area contributed by atoms with E-state index in [2.05, 4.69) is 52.3 Å². The first-order chi connectivity index (χ1) is 21.8. The van der Waals surface area contributed by atoms with Crippen molar-refractivity contribution < 1.29 is 19.0 Å². The zero-order valence-corrected chi connectivity index (χ0v) is 28.0. The number of benzene rings is 2. The van der Waals surface area contributed by atoms with Gasteiger partial charge in [0.1, 0.15) is 18.1 Å². The Morgan fingerprint density at radius 1 is 0.933 bits per heavy atom. The Labute approximate surface area is 267 Å². The molecule has 0 atom stereocenters. The Bertz CT molecular complexity index is 1480. The van der Waals surface area contributed by atoms with Gasteiger partial charge in [0.2, 0.25) is 5.82 Å². The second kappa shape index (κ2) is 17.4. The van der Waals surface area contributed by atoms with Gasteiger partial charge in [0, 0.05) is 50.3 Å². The second-order valence-electron chi connectivity index (χ2n) is 12.3. The highest BCUT2D eigenvalue weighted by Gasteiger charge is 2.15. The number of aromatic nitrogens is 5. The molecule has 0 aliphatic heterocycles. The van der Waals surface area contributed by atoms with Gasteiger partial charge in [-0.15, -0.1) is 15.0 Å². The Hall–Kier alpha value is -4.09. The summed E-state index contributed by atoms with van der Waals surface area (Å²) in [5.74, 6) is 1.47. The van der Waals surface area contributed by atoms with E-state index >= 15 is 0 Å². The normalized spacial score (nSPS) is 11.4. The van der Waals surface area contributed by atoms with Crippen molar-refractivity contribution in [3.05, 3.63) is 72.6 Å². The highest BCUT2D eigenvalue weighted by molar-refractivity contribution is 6.76. The van der Waals surface area contributed by atoms with Gasteiger partial charge in [-0.3, -0.25) is 4.98 Å². The molecule has 1 amide bonds. The number of carbonyl (C=O) groups excluding carboxylic acids is 1. The van der Waals surface area contributed by atoms with Crippen LogP contribution < -0.4 is 14.8 Å². The van der Waals surface area contributed by atoms with Crippen molar-refractivity contribution in [1.82, 2.24) is 30.5 Å². The molecule has 0 unspecified atom stereocenters. The van der Waals surface area contributed by atoms with Crippen LogP contribution in [0.2, 0.25) is 25.7 Å². The number of pyridine rings is 1. The van der Waals surface area contributed by atoms with E-state index in [4.69, 9.17) is 14.2 Å². The second-order valence-corrected chi connectivity index (χ2v) is 17.9. The molecule has 2 heterocycles. The molecule has 2 aromatic carbocycles. The molecule has 10 nitrogen and oxygen atoms in total. The Balaban J connectivity index is 1.46. The fraction of sp³-hybridized carbons (Fsp3) is 0.441. The van der Waals surface area contributed by atoms with Crippen LogP contribution in [0, 0.1) is 0 Å². The van der Waals surface area contributed by atoms with Gasteiger partial charge < -0.3 is 19.5 Å². The van der Waals surface area contributed by atoms with Crippen LogP contribution in [-0.4, -0.2) is 52.5 Å². The van der Waals surface area contributed by atoms with E-state index < -0.39 is 14.2 Å². The van der Waals surface area contributed by atoms with Gasteiger partial charge in [0.25, 0.3) is 0 Å². The van der Waals surface area contributed by atoms with E-state index in [0.717, 1.165) is 35.6 Å². The number of carbonyl (C=O) groups is 1. The minimum atomic E-state index is -1.18. The van der Waals surface area contributed by atoms with Crippen molar-refractivity contribution in [3.63, 3.8) is 0 Å². The maximum absolute atomic E-state index is 12.6. The lowest BCUT2D eigenvalue weighted by Gasteiger charge is -2.14. The molecular formula is C34H46N6O4Si. The molecule has 4 rings (SSSR count). The van der Waals surface area contributed by atoms with Gasteiger partial charge in [0.05, 0.1) is 0 Å². The fourth-order valence-electron chi connectivity index (χ4n) is 4.55. The average Bonchev–Trinajstić information content (AvgIpc) is 3.51. The lowest BCUT2D eigenvalue weighted by atomic mass is 10.0. The maximum atomic E-state index is 12.6. The minimum absolute atomic E-state index is 0.238. The van der Waals surface area contributed by atoms with E-state index in [1.807, 2.05) is 42.5 Å². The lowest BCUT2D eigenvalue weighted by Crippen LogP contribution is -2.27. The third kappa shape index (κ3) is 11.7. The standard InChI is InChI=1S/C34H46N6O4Si/c1-5-6-7-8-9-13-18-36-34(41)44-30-16-17-32(43-25-27-14-11-10-12-15-27)31(22-30)28-21-29(24-35-23-28)33-37-39-40(38-33)26-42-19-20-45(2,3)4/h10-12,14-17,21-24H,5-9,13,18-20,25-26H2,1-4H3,(H,36,41). The van der Waals surface area contributed by atoms with Crippen LogP contribution in [0.1, 0.15) is 51.0 Å². The molecule has 2 aromatic heterocycles. The SMILES string of the molecule is CCCCCCCCNC(=O)Oc1ccc(OCc2ccccc2)c(-c2cncc(-c3nnn(COCC[Si](C)(C)C)n3)c2)c1. The third-order valence-electron chi connectivity index (χ3n) is 7.16. The summed E-state index contributed by atoms with van der Waals surface area (Å²) < 4.78 is 17.7. The zero-order valence-electron chi connectivity index (χ0n) is 27.0. The molecule has 11 heteroatoms. The largest absolute Gasteiger partial charge is 0.488 e. The van der Waals surface area contributed by atoms with Crippen molar-refractivity contribution >= 4 is 14.2 Å². The molecule has 0 spiro atoms. The van der Waals surface area contributed by atoms with Gasteiger partial charge in [-0.25, -0.2) is 4.79 Å². The van der Waals surface area contributed by atoms with E-state index in [9.17, 15) is 4.79 Å².